The smallest absolute Gasteiger partial charge is 0.335 e. The van der Waals surface area contributed by atoms with Gasteiger partial charge in [-0.2, -0.15) is 0 Å². The van der Waals surface area contributed by atoms with E-state index in [2.05, 4.69) is 20.1 Å². The van der Waals surface area contributed by atoms with Crippen LogP contribution in [0.5, 0.6) is 0 Å². The highest BCUT2D eigenvalue weighted by atomic mass is 32.1. The van der Waals surface area contributed by atoms with E-state index in [-0.39, 0.29) is 11.6 Å². The number of carbonyl (C=O) groups excluding carboxylic acids is 1. The molecular formula is C12H11N5O3S. The van der Waals surface area contributed by atoms with Crippen LogP contribution in [0.25, 0.3) is 0 Å². The van der Waals surface area contributed by atoms with Crippen molar-refractivity contribution in [3.63, 3.8) is 0 Å². The average molecular weight is 305 g/mol. The van der Waals surface area contributed by atoms with Crippen LogP contribution in [-0.2, 0) is 13.0 Å². The standard InChI is InChI=1S/C12H11N5O3S/c18-10(19)8-2-1-7-3-4-17(6-9(7)5-8)12(20)13-11-14-15-16-21-11/h1-2,5H,3-4,6H2,(H,18,19)(H,13,14,16,20). The molecule has 2 aromatic rings. The number of benzene rings is 1. The number of aromatic carboxylic acids is 1. The number of carbonyl (C=O) groups is 2. The van der Waals surface area contributed by atoms with Gasteiger partial charge in [-0.1, -0.05) is 15.7 Å². The summed E-state index contributed by atoms with van der Waals surface area (Å²) in [6.07, 6.45) is 0.691. The fraction of sp³-hybridized carbons (Fsp3) is 0.250. The Hall–Kier alpha value is -2.55. The lowest BCUT2D eigenvalue weighted by atomic mass is 9.97. The summed E-state index contributed by atoms with van der Waals surface area (Å²) in [6, 6.07) is 4.72. The summed E-state index contributed by atoms with van der Waals surface area (Å²) in [5.74, 6) is -0.973. The molecule has 0 aliphatic carbocycles. The first kappa shape index (κ1) is 13.4. The van der Waals surface area contributed by atoms with E-state index in [9.17, 15) is 9.59 Å². The molecule has 0 saturated carbocycles. The van der Waals surface area contributed by atoms with Crippen molar-refractivity contribution >= 4 is 28.7 Å². The average Bonchev–Trinajstić information content (AvgIpc) is 2.98. The number of carboxylic acids is 1. The van der Waals surface area contributed by atoms with Crippen LogP contribution in [0.3, 0.4) is 0 Å². The second kappa shape index (κ2) is 5.44. The number of fused-ring (bicyclic) bond motifs is 1. The van der Waals surface area contributed by atoms with Crippen molar-refractivity contribution < 1.29 is 14.7 Å². The topological polar surface area (TPSA) is 108 Å². The lowest BCUT2D eigenvalue weighted by molar-refractivity contribution is 0.0696. The molecule has 0 radical (unpaired) electrons. The number of anilines is 1. The molecule has 1 aliphatic heterocycles. The minimum Gasteiger partial charge on any atom is -0.478 e. The third-order valence-electron chi connectivity index (χ3n) is 3.27. The quantitative estimate of drug-likeness (QED) is 0.863. The van der Waals surface area contributed by atoms with Crippen molar-refractivity contribution in [3.05, 3.63) is 34.9 Å². The van der Waals surface area contributed by atoms with Crippen LogP contribution in [0.1, 0.15) is 21.5 Å². The molecule has 0 spiro atoms. The monoisotopic (exact) mass is 305 g/mol. The largest absolute Gasteiger partial charge is 0.478 e. The van der Waals surface area contributed by atoms with E-state index in [1.165, 1.54) is 0 Å². The Bertz CT molecular complexity index is 688. The summed E-state index contributed by atoms with van der Waals surface area (Å²) in [5.41, 5.74) is 2.15. The molecule has 1 aliphatic rings. The Labute approximate surface area is 123 Å². The molecule has 2 heterocycles. The molecule has 9 heteroatoms. The van der Waals surface area contributed by atoms with Crippen LogP contribution >= 0.6 is 11.5 Å². The second-order valence-electron chi connectivity index (χ2n) is 4.56. The summed E-state index contributed by atoms with van der Waals surface area (Å²) in [7, 11) is 0. The number of carboxylic acid groups (broad SMARTS) is 1. The molecule has 2 N–H and O–H groups in total. The number of urea groups is 1. The van der Waals surface area contributed by atoms with Gasteiger partial charge in [0.2, 0.25) is 5.13 Å². The fourth-order valence-electron chi connectivity index (χ4n) is 2.22. The van der Waals surface area contributed by atoms with Gasteiger partial charge in [0.1, 0.15) is 0 Å². The molecule has 0 bridgehead atoms. The van der Waals surface area contributed by atoms with Crippen molar-refractivity contribution in [1.29, 1.82) is 0 Å². The Morgan fingerprint density at radius 1 is 1.33 bits per heavy atom. The first-order valence-electron chi connectivity index (χ1n) is 6.19. The zero-order chi connectivity index (χ0) is 14.8. The van der Waals surface area contributed by atoms with Gasteiger partial charge < -0.3 is 10.0 Å². The van der Waals surface area contributed by atoms with E-state index in [1.807, 2.05) is 6.07 Å². The Balaban J connectivity index is 1.75. The Kier molecular flexibility index (Phi) is 3.48. The first-order valence-corrected chi connectivity index (χ1v) is 6.97. The number of aromatic nitrogens is 3. The van der Waals surface area contributed by atoms with E-state index >= 15 is 0 Å². The number of hydrogen-bond acceptors (Lipinski definition) is 6. The molecule has 0 saturated heterocycles. The van der Waals surface area contributed by atoms with Gasteiger partial charge in [0.05, 0.1) is 5.56 Å². The van der Waals surface area contributed by atoms with Crippen molar-refractivity contribution in [2.75, 3.05) is 11.9 Å². The Morgan fingerprint density at radius 3 is 2.90 bits per heavy atom. The molecule has 8 nitrogen and oxygen atoms in total. The molecule has 0 fully saturated rings. The maximum absolute atomic E-state index is 12.1. The van der Waals surface area contributed by atoms with Gasteiger partial charge in [-0.25, -0.2) is 9.59 Å². The zero-order valence-corrected chi connectivity index (χ0v) is 11.6. The highest BCUT2D eigenvalue weighted by Crippen LogP contribution is 2.21. The van der Waals surface area contributed by atoms with Crippen molar-refractivity contribution in [2.45, 2.75) is 13.0 Å². The molecule has 21 heavy (non-hydrogen) atoms. The van der Waals surface area contributed by atoms with Gasteiger partial charge in [-0.05, 0) is 34.9 Å². The van der Waals surface area contributed by atoms with Crippen LogP contribution in [0.4, 0.5) is 9.93 Å². The summed E-state index contributed by atoms with van der Waals surface area (Å²) in [4.78, 5) is 24.7. The lowest BCUT2D eigenvalue weighted by Gasteiger charge is -2.28. The molecule has 1 aromatic carbocycles. The van der Waals surface area contributed by atoms with Gasteiger partial charge in [-0.15, -0.1) is 0 Å². The van der Waals surface area contributed by atoms with Gasteiger partial charge in [0.25, 0.3) is 0 Å². The first-order chi connectivity index (χ1) is 10.1. The van der Waals surface area contributed by atoms with Gasteiger partial charge >= 0.3 is 12.0 Å². The fourth-order valence-corrected chi connectivity index (χ4v) is 2.57. The van der Waals surface area contributed by atoms with E-state index in [1.54, 1.807) is 17.0 Å². The van der Waals surface area contributed by atoms with Gasteiger partial charge in [-0.3, -0.25) is 5.32 Å². The Morgan fingerprint density at radius 2 is 2.19 bits per heavy atom. The van der Waals surface area contributed by atoms with E-state index in [0.717, 1.165) is 22.7 Å². The van der Waals surface area contributed by atoms with Crippen molar-refractivity contribution in [3.8, 4) is 0 Å². The number of amides is 2. The van der Waals surface area contributed by atoms with Crippen molar-refractivity contribution in [1.82, 2.24) is 19.7 Å². The van der Waals surface area contributed by atoms with Crippen LogP contribution < -0.4 is 5.32 Å². The number of nitrogens with one attached hydrogen (secondary N) is 1. The van der Waals surface area contributed by atoms with Crippen LogP contribution in [0.2, 0.25) is 0 Å². The molecule has 108 valence electrons. The molecule has 2 amide bonds. The number of nitrogens with zero attached hydrogens (tertiary/aromatic N) is 4. The maximum Gasteiger partial charge on any atom is 0.335 e. The van der Waals surface area contributed by atoms with Crippen molar-refractivity contribution in [2.24, 2.45) is 0 Å². The summed E-state index contributed by atoms with van der Waals surface area (Å²) in [6.45, 7) is 0.937. The minimum absolute atomic E-state index is 0.226. The van der Waals surface area contributed by atoms with Gasteiger partial charge in [0.15, 0.2) is 0 Å². The third-order valence-corrected chi connectivity index (χ3v) is 3.78. The highest BCUT2D eigenvalue weighted by Gasteiger charge is 2.22. The van der Waals surface area contributed by atoms with Crippen LogP contribution in [0.15, 0.2) is 18.2 Å². The van der Waals surface area contributed by atoms with E-state index in [4.69, 9.17) is 5.11 Å². The summed E-state index contributed by atoms with van der Waals surface area (Å²) < 4.78 is 3.57. The van der Waals surface area contributed by atoms with Crippen LogP contribution in [-0.4, -0.2) is 43.4 Å². The van der Waals surface area contributed by atoms with E-state index in [0.29, 0.717) is 24.6 Å². The summed E-state index contributed by atoms with van der Waals surface area (Å²) in [5, 5.41) is 19.0. The maximum atomic E-state index is 12.1. The van der Waals surface area contributed by atoms with Gasteiger partial charge in [0, 0.05) is 24.6 Å². The minimum atomic E-state index is -0.973. The molecule has 0 unspecified atom stereocenters. The third kappa shape index (κ3) is 2.82. The molecule has 1 aromatic heterocycles. The molecule has 3 rings (SSSR count). The molecule has 0 atom stereocenters. The SMILES string of the molecule is O=C(O)c1ccc2c(c1)CN(C(=O)Nc1nnns1)CC2. The number of rotatable bonds is 2. The van der Waals surface area contributed by atoms with Crippen LogP contribution in [0, 0.1) is 0 Å². The predicted octanol–water partition coefficient (Wildman–Crippen LogP) is 1.22. The second-order valence-corrected chi connectivity index (χ2v) is 5.29. The number of hydrogen-bond donors (Lipinski definition) is 2. The zero-order valence-electron chi connectivity index (χ0n) is 10.8. The predicted molar refractivity (Wildman–Crippen MR) is 74.2 cm³/mol. The molecular weight excluding hydrogens is 294 g/mol. The normalized spacial score (nSPS) is 13.6. The summed E-state index contributed by atoms with van der Waals surface area (Å²) >= 11 is 0.999. The highest BCUT2D eigenvalue weighted by molar-refractivity contribution is 7.09. The van der Waals surface area contributed by atoms with E-state index < -0.39 is 5.97 Å². The lowest BCUT2D eigenvalue weighted by Crippen LogP contribution is -2.38.